The summed E-state index contributed by atoms with van der Waals surface area (Å²) in [6.45, 7) is 0. The van der Waals surface area contributed by atoms with E-state index in [9.17, 15) is 8.78 Å². The molecule has 116 valence electrons. The van der Waals surface area contributed by atoms with E-state index in [1.807, 2.05) is 0 Å². The van der Waals surface area contributed by atoms with E-state index in [4.69, 9.17) is 9.47 Å². The summed E-state index contributed by atoms with van der Waals surface area (Å²) in [7, 11) is 2.92. The topological polar surface area (TPSA) is 70.0 Å². The fourth-order valence-electron chi connectivity index (χ4n) is 2.37. The number of hydrogen-bond acceptors (Lipinski definition) is 6. The number of methoxy groups -OCH3 is 2. The summed E-state index contributed by atoms with van der Waals surface area (Å²) in [6, 6.07) is 1.90. The Balaban J connectivity index is 1.93. The van der Waals surface area contributed by atoms with Gasteiger partial charge in [0.15, 0.2) is 0 Å². The molecule has 0 amide bonds. The zero-order valence-corrected chi connectivity index (χ0v) is 12.0. The van der Waals surface area contributed by atoms with E-state index >= 15 is 0 Å². The van der Waals surface area contributed by atoms with Gasteiger partial charge < -0.3 is 9.47 Å². The van der Waals surface area contributed by atoms with E-state index in [1.165, 1.54) is 26.6 Å². The molecule has 0 saturated heterocycles. The van der Waals surface area contributed by atoms with Gasteiger partial charge in [0.1, 0.15) is 5.69 Å². The van der Waals surface area contributed by atoms with E-state index in [-0.39, 0.29) is 11.9 Å². The first-order chi connectivity index (χ1) is 10.6. The standard InChI is InChI=1S/C14H14F2N4O2/c1-21-13-10(6-17-14(19-13)22-2)11-3-7(5-18-20-11)8-4-9(8)12(15)16/h3,5-6,8-9,12H,4H2,1-2H3/t8-,9+/m1/s1. The predicted octanol–water partition coefficient (Wildman–Crippen LogP) is 2.32. The van der Waals surface area contributed by atoms with Gasteiger partial charge in [-0.1, -0.05) is 0 Å². The highest BCUT2D eigenvalue weighted by molar-refractivity contribution is 5.64. The van der Waals surface area contributed by atoms with Crippen molar-refractivity contribution < 1.29 is 18.3 Å². The number of alkyl halides is 2. The average molecular weight is 308 g/mol. The van der Waals surface area contributed by atoms with Gasteiger partial charge in [-0.25, -0.2) is 13.8 Å². The lowest BCUT2D eigenvalue weighted by molar-refractivity contribution is 0.120. The van der Waals surface area contributed by atoms with Crippen LogP contribution < -0.4 is 9.47 Å². The minimum atomic E-state index is -2.31. The minimum Gasteiger partial charge on any atom is -0.480 e. The van der Waals surface area contributed by atoms with Gasteiger partial charge in [0.05, 0.1) is 26.0 Å². The molecule has 0 spiro atoms. The Morgan fingerprint density at radius 3 is 2.68 bits per heavy atom. The maximum atomic E-state index is 12.7. The molecule has 1 fully saturated rings. The van der Waals surface area contributed by atoms with Crippen LogP contribution in [0.15, 0.2) is 18.5 Å². The Labute approximate surface area is 125 Å². The Morgan fingerprint density at radius 1 is 1.23 bits per heavy atom. The number of ether oxygens (including phenoxy) is 2. The second-order valence-corrected chi connectivity index (χ2v) is 4.99. The molecule has 22 heavy (non-hydrogen) atoms. The summed E-state index contributed by atoms with van der Waals surface area (Å²) in [4.78, 5) is 8.09. The van der Waals surface area contributed by atoms with Crippen molar-refractivity contribution in [3.05, 3.63) is 24.0 Å². The monoisotopic (exact) mass is 308 g/mol. The van der Waals surface area contributed by atoms with Crippen LogP contribution in [0.3, 0.4) is 0 Å². The van der Waals surface area contributed by atoms with Crippen LogP contribution in [0.1, 0.15) is 17.9 Å². The van der Waals surface area contributed by atoms with Crippen LogP contribution in [0.4, 0.5) is 8.78 Å². The lowest BCUT2D eigenvalue weighted by atomic mass is 10.1. The average Bonchev–Trinajstić information content (AvgIpc) is 3.35. The maximum absolute atomic E-state index is 12.7. The van der Waals surface area contributed by atoms with E-state index < -0.39 is 12.3 Å². The third-order valence-corrected chi connectivity index (χ3v) is 3.65. The zero-order chi connectivity index (χ0) is 15.7. The van der Waals surface area contributed by atoms with Gasteiger partial charge in [0, 0.05) is 12.1 Å². The van der Waals surface area contributed by atoms with Crippen LogP contribution in [-0.2, 0) is 0 Å². The lowest BCUT2D eigenvalue weighted by Gasteiger charge is -2.08. The molecule has 0 aliphatic heterocycles. The highest BCUT2D eigenvalue weighted by atomic mass is 19.3. The van der Waals surface area contributed by atoms with Gasteiger partial charge >= 0.3 is 6.01 Å². The second kappa shape index (κ2) is 5.78. The molecular weight excluding hydrogens is 294 g/mol. The lowest BCUT2D eigenvalue weighted by Crippen LogP contribution is -2.00. The normalized spacial score (nSPS) is 20.0. The van der Waals surface area contributed by atoms with Crippen molar-refractivity contribution in [2.45, 2.75) is 18.8 Å². The third kappa shape index (κ3) is 2.68. The molecule has 0 unspecified atom stereocenters. The zero-order valence-electron chi connectivity index (χ0n) is 12.0. The first kappa shape index (κ1) is 14.6. The fraction of sp³-hybridized carbons (Fsp3) is 0.429. The Hall–Kier alpha value is -2.38. The fourth-order valence-corrected chi connectivity index (χ4v) is 2.37. The minimum absolute atomic E-state index is 0.167. The van der Waals surface area contributed by atoms with Crippen LogP contribution in [-0.4, -0.2) is 40.8 Å². The summed E-state index contributed by atoms with van der Waals surface area (Å²) >= 11 is 0. The van der Waals surface area contributed by atoms with E-state index in [2.05, 4.69) is 20.2 Å². The molecule has 2 atom stereocenters. The molecule has 2 aromatic rings. The molecule has 2 aromatic heterocycles. The van der Waals surface area contributed by atoms with Crippen molar-refractivity contribution in [1.29, 1.82) is 0 Å². The summed E-state index contributed by atoms with van der Waals surface area (Å²) in [6.07, 6.45) is 1.20. The van der Waals surface area contributed by atoms with Crippen molar-refractivity contribution in [2.75, 3.05) is 14.2 Å². The molecule has 1 aliphatic carbocycles. The van der Waals surface area contributed by atoms with Gasteiger partial charge in [-0.3, -0.25) is 0 Å². The maximum Gasteiger partial charge on any atom is 0.319 e. The largest absolute Gasteiger partial charge is 0.480 e. The van der Waals surface area contributed by atoms with Gasteiger partial charge in [0.2, 0.25) is 12.3 Å². The van der Waals surface area contributed by atoms with E-state index in [0.29, 0.717) is 23.6 Å². The number of rotatable bonds is 5. The predicted molar refractivity (Wildman–Crippen MR) is 73.0 cm³/mol. The van der Waals surface area contributed by atoms with Gasteiger partial charge in [-0.05, 0) is 24.0 Å². The summed E-state index contributed by atoms with van der Waals surface area (Å²) in [5.41, 5.74) is 1.76. The van der Waals surface area contributed by atoms with Crippen LogP contribution >= 0.6 is 0 Å². The summed E-state index contributed by atoms with van der Waals surface area (Å²) in [5, 5.41) is 7.91. The molecule has 0 N–H and O–H groups in total. The molecule has 0 bridgehead atoms. The summed E-state index contributed by atoms with van der Waals surface area (Å²) in [5.74, 6) is -0.468. The Morgan fingerprint density at radius 2 is 2.05 bits per heavy atom. The van der Waals surface area contributed by atoms with Crippen molar-refractivity contribution >= 4 is 0 Å². The van der Waals surface area contributed by atoms with Crippen LogP contribution in [0.5, 0.6) is 11.9 Å². The van der Waals surface area contributed by atoms with E-state index in [1.54, 1.807) is 6.07 Å². The van der Waals surface area contributed by atoms with Crippen molar-refractivity contribution in [1.82, 2.24) is 20.2 Å². The molecule has 1 aliphatic rings. The molecule has 2 heterocycles. The number of hydrogen-bond donors (Lipinski definition) is 0. The van der Waals surface area contributed by atoms with Gasteiger partial charge in [-0.2, -0.15) is 15.2 Å². The van der Waals surface area contributed by atoms with Crippen molar-refractivity contribution in [3.63, 3.8) is 0 Å². The number of aromatic nitrogens is 4. The van der Waals surface area contributed by atoms with Crippen LogP contribution in [0, 0.1) is 5.92 Å². The van der Waals surface area contributed by atoms with Crippen molar-refractivity contribution in [3.8, 4) is 23.1 Å². The molecule has 1 saturated carbocycles. The molecule has 6 nitrogen and oxygen atoms in total. The quantitative estimate of drug-likeness (QED) is 0.844. The van der Waals surface area contributed by atoms with E-state index in [0.717, 1.165) is 5.56 Å². The SMILES string of the molecule is COc1ncc(-c2cc([C@H]3C[C@@H]3C(F)F)cnn2)c(OC)n1. The molecule has 0 radical (unpaired) electrons. The first-order valence-corrected chi connectivity index (χ1v) is 6.70. The van der Waals surface area contributed by atoms with Gasteiger partial charge in [-0.15, -0.1) is 0 Å². The third-order valence-electron chi connectivity index (χ3n) is 3.65. The Bertz CT molecular complexity index is 684. The highest BCUT2D eigenvalue weighted by Crippen LogP contribution is 2.51. The highest BCUT2D eigenvalue weighted by Gasteiger charge is 2.45. The molecular formula is C14H14F2N4O2. The molecule has 0 aromatic carbocycles. The van der Waals surface area contributed by atoms with Crippen molar-refractivity contribution in [2.24, 2.45) is 5.92 Å². The van der Waals surface area contributed by atoms with Crippen LogP contribution in [0.2, 0.25) is 0 Å². The Kier molecular flexibility index (Phi) is 3.82. The summed E-state index contributed by atoms with van der Waals surface area (Å²) < 4.78 is 35.5. The number of nitrogens with zero attached hydrogens (tertiary/aromatic N) is 4. The first-order valence-electron chi connectivity index (χ1n) is 6.70. The molecule has 3 rings (SSSR count). The number of halogens is 2. The smallest absolute Gasteiger partial charge is 0.319 e. The van der Waals surface area contributed by atoms with Gasteiger partial charge in [0.25, 0.3) is 0 Å². The van der Waals surface area contributed by atoms with Crippen LogP contribution in [0.25, 0.3) is 11.3 Å². The molecule has 8 heteroatoms. The second-order valence-electron chi connectivity index (χ2n) is 4.99.